The standard InChI is InChI=1S/C22H26BrNO4/c1-15-22(17-7-9-18(23)10-8-17)27-12-11-24(15)13-19(26)14-28-21-6-4-3-5-20(21)16(2)25/h3-10,15,19,22,26H,11-14H2,1-2H3. The second-order valence-electron chi connectivity index (χ2n) is 7.10. The number of carbonyl (C=O) groups excluding carboxylic acids is 1. The van der Waals surface area contributed by atoms with Crippen molar-refractivity contribution in [2.45, 2.75) is 32.1 Å². The number of benzene rings is 2. The number of hydrogen-bond acceptors (Lipinski definition) is 5. The largest absolute Gasteiger partial charge is 0.490 e. The van der Waals surface area contributed by atoms with Crippen LogP contribution in [0.2, 0.25) is 0 Å². The van der Waals surface area contributed by atoms with Gasteiger partial charge < -0.3 is 14.6 Å². The molecule has 1 fully saturated rings. The molecule has 28 heavy (non-hydrogen) atoms. The van der Waals surface area contributed by atoms with Crippen molar-refractivity contribution < 1.29 is 19.4 Å². The second kappa shape index (κ2) is 9.65. The predicted octanol–water partition coefficient (Wildman–Crippen LogP) is 3.85. The van der Waals surface area contributed by atoms with E-state index in [9.17, 15) is 9.90 Å². The van der Waals surface area contributed by atoms with E-state index >= 15 is 0 Å². The maximum Gasteiger partial charge on any atom is 0.163 e. The number of aliphatic hydroxyl groups is 1. The van der Waals surface area contributed by atoms with Crippen LogP contribution in [-0.4, -0.2) is 54.2 Å². The van der Waals surface area contributed by atoms with Crippen LogP contribution in [0.4, 0.5) is 0 Å². The van der Waals surface area contributed by atoms with Crippen LogP contribution >= 0.6 is 15.9 Å². The minimum atomic E-state index is -0.661. The third-order valence-corrected chi connectivity index (χ3v) is 5.56. The minimum Gasteiger partial charge on any atom is -0.490 e. The Kier molecular flexibility index (Phi) is 7.24. The second-order valence-corrected chi connectivity index (χ2v) is 8.01. The molecular weight excluding hydrogens is 422 g/mol. The first-order chi connectivity index (χ1) is 13.5. The molecule has 0 saturated carbocycles. The van der Waals surface area contributed by atoms with Crippen LogP contribution in [0.5, 0.6) is 5.75 Å². The molecule has 1 aliphatic heterocycles. The molecular formula is C22H26BrNO4. The third-order valence-electron chi connectivity index (χ3n) is 5.03. The highest BCUT2D eigenvalue weighted by Gasteiger charge is 2.31. The van der Waals surface area contributed by atoms with E-state index in [2.05, 4.69) is 39.9 Å². The van der Waals surface area contributed by atoms with E-state index in [1.807, 2.05) is 18.2 Å². The number of Topliss-reactive ketones (excluding diaryl/α,β-unsaturated/α-hetero) is 1. The molecule has 5 nitrogen and oxygen atoms in total. The van der Waals surface area contributed by atoms with Gasteiger partial charge in [0.2, 0.25) is 0 Å². The zero-order valence-electron chi connectivity index (χ0n) is 16.2. The first-order valence-electron chi connectivity index (χ1n) is 9.47. The monoisotopic (exact) mass is 447 g/mol. The van der Waals surface area contributed by atoms with Crippen molar-refractivity contribution in [2.75, 3.05) is 26.3 Å². The lowest BCUT2D eigenvalue weighted by molar-refractivity contribution is -0.0804. The highest BCUT2D eigenvalue weighted by Crippen LogP contribution is 2.29. The molecule has 1 saturated heterocycles. The molecule has 0 radical (unpaired) electrons. The number of morpholine rings is 1. The van der Waals surface area contributed by atoms with Gasteiger partial charge in [0.15, 0.2) is 5.78 Å². The number of carbonyl (C=O) groups is 1. The van der Waals surface area contributed by atoms with Gasteiger partial charge in [-0.3, -0.25) is 9.69 Å². The molecule has 150 valence electrons. The van der Waals surface area contributed by atoms with Gasteiger partial charge in [0, 0.05) is 23.6 Å². The predicted molar refractivity (Wildman–Crippen MR) is 112 cm³/mol. The quantitative estimate of drug-likeness (QED) is 0.653. The maximum atomic E-state index is 11.7. The zero-order chi connectivity index (χ0) is 20.1. The Labute approximate surface area is 174 Å². The summed E-state index contributed by atoms with van der Waals surface area (Å²) in [5, 5.41) is 10.5. The van der Waals surface area contributed by atoms with Crippen molar-refractivity contribution >= 4 is 21.7 Å². The van der Waals surface area contributed by atoms with Gasteiger partial charge in [-0.05, 0) is 43.7 Å². The molecule has 1 aliphatic rings. The number of para-hydroxylation sites is 1. The topological polar surface area (TPSA) is 59.0 Å². The molecule has 0 amide bonds. The van der Waals surface area contributed by atoms with Crippen LogP contribution in [0.1, 0.15) is 35.9 Å². The van der Waals surface area contributed by atoms with Crippen molar-refractivity contribution in [2.24, 2.45) is 0 Å². The Bertz CT molecular complexity index is 795. The van der Waals surface area contributed by atoms with Gasteiger partial charge >= 0.3 is 0 Å². The number of ketones is 1. The van der Waals surface area contributed by atoms with Gasteiger partial charge in [-0.1, -0.05) is 40.2 Å². The van der Waals surface area contributed by atoms with Crippen LogP contribution in [0.25, 0.3) is 0 Å². The summed E-state index contributed by atoms with van der Waals surface area (Å²) >= 11 is 3.46. The van der Waals surface area contributed by atoms with Gasteiger partial charge in [0.25, 0.3) is 0 Å². The zero-order valence-corrected chi connectivity index (χ0v) is 17.8. The van der Waals surface area contributed by atoms with Crippen LogP contribution < -0.4 is 4.74 Å². The molecule has 3 unspecified atom stereocenters. The van der Waals surface area contributed by atoms with Crippen molar-refractivity contribution in [1.29, 1.82) is 0 Å². The van der Waals surface area contributed by atoms with Crippen LogP contribution in [0.15, 0.2) is 53.0 Å². The fourth-order valence-electron chi connectivity index (χ4n) is 3.51. The summed E-state index contributed by atoms with van der Waals surface area (Å²) in [5.74, 6) is 0.459. The van der Waals surface area contributed by atoms with E-state index in [0.717, 1.165) is 16.6 Å². The smallest absolute Gasteiger partial charge is 0.163 e. The Hall–Kier alpha value is -1.73. The summed E-state index contributed by atoms with van der Waals surface area (Å²) in [7, 11) is 0. The SMILES string of the molecule is CC(=O)c1ccccc1OCC(O)CN1CCOC(c2ccc(Br)cc2)C1C. The minimum absolute atomic E-state index is 0.0339. The Morgan fingerprint density at radius 2 is 2.00 bits per heavy atom. The highest BCUT2D eigenvalue weighted by molar-refractivity contribution is 9.10. The fraction of sp³-hybridized carbons (Fsp3) is 0.409. The van der Waals surface area contributed by atoms with Crippen LogP contribution in [0.3, 0.4) is 0 Å². The lowest BCUT2D eigenvalue weighted by atomic mass is 10.0. The van der Waals surface area contributed by atoms with E-state index in [4.69, 9.17) is 9.47 Å². The van der Waals surface area contributed by atoms with E-state index < -0.39 is 6.10 Å². The van der Waals surface area contributed by atoms with Gasteiger partial charge in [-0.2, -0.15) is 0 Å². The molecule has 0 aromatic heterocycles. The maximum absolute atomic E-state index is 11.7. The first kappa shape index (κ1) is 21.0. The van der Waals surface area contributed by atoms with Crippen molar-refractivity contribution in [3.05, 3.63) is 64.1 Å². The van der Waals surface area contributed by atoms with Gasteiger partial charge in [0.05, 0.1) is 18.3 Å². The number of halogens is 1. The molecule has 2 aromatic carbocycles. The summed E-state index contributed by atoms with van der Waals surface area (Å²) < 4.78 is 12.8. The number of hydrogen-bond donors (Lipinski definition) is 1. The number of ether oxygens (including phenoxy) is 2. The van der Waals surface area contributed by atoms with Crippen molar-refractivity contribution in [3.63, 3.8) is 0 Å². The molecule has 6 heteroatoms. The van der Waals surface area contributed by atoms with Crippen LogP contribution in [0, 0.1) is 0 Å². The summed E-state index contributed by atoms with van der Waals surface area (Å²) in [5.41, 5.74) is 1.66. The molecule has 0 spiro atoms. The lowest BCUT2D eigenvalue weighted by Crippen LogP contribution is -2.49. The van der Waals surface area contributed by atoms with Crippen LogP contribution in [-0.2, 0) is 4.74 Å². The molecule has 1 heterocycles. The van der Waals surface area contributed by atoms with Gasteiger partial charge in [-0.25, -0.2) is 0 Å². The third kappa shape index (κ3) is 5.20. The molecule has 2 aromatic rings. The summed E-state index contributed by atoms with van der Waals surface area (Å²) in [4.78, 5) is 13.9. The number of rotatable bonds is 7. The van der Waals surface area contributed by atoms with E-state index in [-0.39, 0.29) is 24.5 Å². The number of β-amino-alcohol motifs (C(OH)–C–C–N with tert-alkyl or cyclic N) is 1. The average molecular weight is 448 g/mol. The number of aliphatic hydroxyl groups excluding tert-OH is 1. The molecule has 3 atom stereocenters. The Morgan fingerprint density at radius 1 is 1.29 bits per heavy atom. The molecule has 1 N–H and O–H groups in total. The van der Waals surface area contributed by atoms with Crippen molar-refractivity contribution in [1.82, 2.24) is 4.90 Å². The summed E-state index contributed by atoms with van der Waals surface area (Å²) in [6.45, 7) is 5.62. The number of nitrogens with zero attached hydrogens (tertiary/aromatic N) is 1. The average Bonchev–Trinajstić information content (AvgIpc) is 2.69. The van der Waals surface area contributed by atoms with E-state index in [1.54, 1.807) is 18.2 Å². The Balaban J connectivity index is 1.58. The van der Waals surface area contributed by atoms with E-state index in [0.29, 0.717) is 24.5 Å². The summed E-state index contributed by atoms with van der Waals surface area (Å²) in [6.07, 6.45) is -0.695. The van der Waals surface area contributed by atoms with Gasteiger partial charge in [0.1, 0.15) is 18.5 Å². The lowest BCUT2D eigenvalue weighted by Gasteiger charge is -2.40. The summed E-state index contributed by atoms with van der Waals surface area (Å²) in [6, 6.07) is 15.4. The van der Waals surface area contributed by atoms with Crippen molar-refractivity contribution in [3.8, 4) is 5.75 Å². The normalized spacial score (nSPS) is 21.3. The molecule has 0 aliphatic carbocycles. The molecule has 0 bridgehead atoms. The first-order valence-corrected chi connectivity index (χ1v) is 10.3. The highest BCUT2D eigenvalue weighted by atomic mass is 79.9. The molecule has 3 rings (SSSR count). The van der Waals surface area contributed by atoms with Gasteiger partial charge in [-0.15, -0.1) is 0 Å². The van der Waals surface area contributed by atoms with E-state index in [1.165, 1.54) is 6.92 Å². The Morgan fingerprint density at radius 3 is 2.71 bits per heavy atom. The fourth-order valence-corrected chi connectivity index (χ4v) is 3.77.